The van der Waals surface area contributed by atoms with Crippen LogP contribution in [-0.4, -0.2) is 35.7 Å². The second kappa shape index (κ2) is 6.68. The number of hydrogen-bond acceptors (Lipinski definition) is 3. The topological polar surface area (TPSA) is 70.7 Å². The standard InChI is InChI=1S/C16H23N3O3/c1-16(2,3)22-15(21)18-13-8-6-7-12(11-13)17-14(20)19-9-4-5-10-19/h6-8,11H,4-5,9-10H2,1-3H3,(H,17,20)(H,18,21). The van der Waals surface area contributed by atoms with E-state index in [1.165, 1.54) is 0 Å². The first-order chi connectivity index (χ1) is 10.3. The number of urea groups is 1. The Morgan fingerprint density at radius 1 is 1.09 bits per heavy atom. The van der Waals surface area contributed by atoms with Crippen LogP contribution in [0, 0.1) is 0 Å². The lowest BCUT2D eigenvalue weighted by molar-refractivity contribution is 0.0636. The van der Waals surface area contributed by atoms with Gasteiger partial charge in [-0.1, -0.05) is 6.07 Å². The number of carbonyl (C=O) groups excluding carboxylic acids is 2. The molecule has 0 aliphatic carbocycles. The third-order valence-electron chi connectivity index (χ3n) is 3.15. The van der Waals surface area contributed by atoms with Crippen LogP contribution >= 0.6 is 0 Å². The molecular formula is C16H23N3O3. The number of carbonyl (C=O) groups is 2. The highest BCUT2D eigenvalue weighted by Gasteiger charge is 2.18. The lowest BCUT2D eigenvalue weighted by atomic mass is 10.2. The maximum Gasteiger partial charge on any atom is 0.412 e. The molecule has 0 bridgehead atoms. The SMILES string of the molecule is CC(C)(C)OC(=O)Nc1cccc(NC(=O)N2CCCC2)c1. The van der Waals surface area contributed by atoms with Crippen molar-refractivity contribution in [1.29, 1.82) is 0 Å². The number of benzene rings is 1. The van der Waals surface area contributed by atoms with Crippen LogP contribution in [0.5, 0.6) is 0 Å². The second-order valence-corrected chi connectivity index (χ2v) is 6.33. The molecule has 2 N–H and O–H groups in total. The molecule has 0 radical (unpaired) electrons. The summed E-state index contributed by atoms with van der Waals surface area (Å²) in [6, 6.07) is 6.90. The number of amides is 3. The van der Waals surface area contributed by atoms with Gasteiger partial charge in [-0.3, -0.25) is 5.32 Å². The third kappa shape index (κ3) is 4.95. The highest BCUT2D eigenvalue weighted by Crippen LogP contribution is 2.18. The molecule has 0 aromatic heterocycles. The van der Waals surface area contributed by atoms with Crippen LogP contribution in [0.2, 0.25) is 0 Å². The van der Waals surface area contributed by atoms with E-state index in [0.717, 1.165) is 25.9 Å². The molecule has 3 amide bonds. The van der Waals surface area contributed by atoms with Crippen LogP contribution in [-0.2, 0) is 4.74 Å². The first-order valence-electron chi connectivity index (χ1n) is 7.49. The number of ether oxygens (including phenoxy) is 1. The predicted molar refractivity (Wildman–Crippen MR) is 86.1 cm³/mol. The van der Waals surface area contributed by atoms with Gasteiger partial charge in [-0.25, -0.2) is 9.59 Å². The number of hydrogen-bond donors (Lipinski definition) is 2. The van der Waals surface area contributed by atoms with E-state index in [9.17, 15) is 9.59 Å². The monoisotopic (exact) mass is 305 g/mol. The second-order valence-electron chi connectivity index (χ2n) is 6.33. The van der Waals surface area contributed by atoms with Crippen LogP contribution < -0.4 is 10.6 Å². The summed E-state index contributed by atoms with van der Waals surface area (Å²) in [5, 5.41) is 5.50. The Morgan fingerprint density at radius 3 is 2.27 bits per heavy atom. The zero-order valence-corrected chi connectivity index (χ0v) is 13.3. The molecule has 120 valence electrons. The van der Waals surface area contributed by atoms with Crippen molar-refractivity contribution in [3.05, 3.63) is 24.3 Å². The highest BCUT2D eigenvalue weighted by molar-refractivity contribution is 5.91. The zero-order valence-electron chi connectivity index (χ0n) is 13.3. The zero-order chi connectivity index (χ0) is 16.2. The van der Waals surface area contributed by atoms with Gasteiger partial charge in [0.15, 0.2) is 0 Å². The molecule has 1 heterocycles. The van der Waals surface area contributed by atoms with Crippen molar-refractivity contribution < 1.29 is 14.3 Å². The number of nitrogens with one attached hydrogen (secondary N) is 2. The third-order valence-corrected chi connectivity index (χ3v) is 3.15. The van der Waals surface area contributed by atoms with E-state index in [4.69, 9.17) is 4.74 Å². The van der Waals surface area contributed by atoms with Gasteiger partial charge in [-0.15, -0.1) is 0 Å². The Hall–Kier alpha value is -2.24. The van der Waals surface area contributed by atoms with Crippen molar-refractivity contribution in [2.24, 2.45) is 0 Å². The van der Waals surface area contributed by atoms with Crippen LogP contribution in [0.4, 0.5) is 21.0 Å². The van der Waals surface area contributed by atoms with Crippen molar-refractivity contribution in [3.63, 3.8) is 0 Å². The fourth-order valence-electron chi connectivity index (χ4n) is 2.22. The molecule has 1 saturated heterocycles. The maximum atomic E-state index is 12.0. The Labute approximate surface area is 130 Å². The van der Waals surface area contributed by atoms with E-state index >= 15 is 0 Å². The smallest absolute Gasteiger partial charge is 0.412 e. The van der Waals surface area contributed by atoms with Crippen molar-refractivity contribution in [2.75, 3.05) is 23.7 Å². The van der Waals surface area contributed by atoms with Gasteiger partial charge in [-0.05, 0) is 51.8 Å². The fraction of sp³-hybridized carbons (Fsp3) is 0.500. The molecule has 1 aliphatic rings. The summed E-state index contributed by atoms with van der Waals surface area (Å²) in [6.45, 7) is 7.00. The Balaban J connectivity index is 1.94. The summed E-state index contributed by atoms with van der Waals surface area (Å²) in [4.78, 5) is 25.6. The van der Waals surface area contributed by atoms with Gasteiger partial charge in [-0.2, -0.15) is 0 Å². The van der Waals surface area contributed by atoms with Gasteiger partial charge >= 0.3 is 12.1 Å². The summed E-state index contributed by atoms with van der Waals surface area (Å²) < 4.78 is 5.20. The number of likely N-dealkylation sites (tertiary alicyclic amines) is 1. The van der Waals surface area contributed by atoms with Crippen LogP contribution in [0.3, 0.4) is 0 Å². The molecule has 1 aromatic carbocycles. The fourth-order valence-corrected chi connectivity index (χ4v) is 2.22. The number of anilines is 2. The van der Waals surface area contributed by atoms with Gasteiger partial charge in [0.25, 0.3) is 0 Å². The Morgan fingerprint density at radius 2 is 1.68 bits per heavy atom. The van der Waals surface area contributed by atoms with E-state index in [-0.39, 0.29) is 6.03 Å². The first kappa shape index (κ1) is 16.1. The van der Waals surface area contributed by atoms with Gasteiger partial charge in [0.1, 0.15) is 5.60 Å². The predicted octanol–water partition coefficient (Wildman–Crippen LogP) is 3.66. The largest absolute Gasteiger partial charge is 0.444 e. The van der Waals surface area contributed by atoms with Crippen molar-refractivity contribution in [2.45, 2.75) is 39.2 Å². The molecule has 0 spiro atoms. The minimum absolute atomic E-state index is 0.105. The summed E-state index contributed by atoms with van der Waals surface area (Å²) in [7, 11) is 0. The highest BCUT2D eigenvalue weighted by atomic mass is 16.6. The molecule has 6 heteroatoms. The van der Waals surface area contributed by atoms with Crippen LogP contribution in [0.1, 0.15) is 33.6 Å². The van der Waals surface area contributed by atoms with E-state index in [1.54, 1.807) is 49.9 Å². The Bertz CT molecular complexity index is 546. The van der Waals surface area contributed by atoms with Crippen molar-refractivity contribution in [1.82, 2.24) is 4.90 Å². The molecular weight excluding hydrogens is 282 g/mol. The molecule has 1 fully saturated rings. The molecule has 6 nitrogen and oxygen atoms in total. The van der Waals surface area contributed by atoms with E-state index < -0.39 is 11.7 Å². The lowest BCUT2D eigenvalue weighted by Gasteiger charge is -2.20. The molecule has 0 saturated carbocycles. The maximum absolute atomic E-state index is 12.0. The van der Waals surface area contributed by atoms with Crippen LogP contribution in [0.25, 0.3) is 0 Å². The normalized spacial score (nSPS) is 14.6. The number of rotatable bonds is 2. The van der Waals surface area contributed by atoms with Crippen molar-refractivity contribution >= 4 is 23.5 Å². The van der Waals surface area contributed by atoms with Crippen molar-refractivity contribution in [3.8, 4) is 0 Å². The van der Waals surface area contributed by atoms with Gasteiger partial charge in [0.2, 0.25) is 0 Å². The molecule has 1 aliphatic heterocycles. The lowest BCUT2D eigenvalue weighted by Crippen LogP contribution is -2.32. The van der Waals surface area contributed by atoms with Gasteiger partial charge in [0, 0.05) is 24.5 Å². The molecule has 1 aromatic rings. The summed E-state index contributed by atoms with van der Waals surface area (Å²) >= 11 is 0. The van der Waals surface area contributed by atoms with Gasteiger partial charge in [0.05, 0.1) is 0 Å². The quantitative estimate of drug-likeness (QED) is 0.876. The minimum atomic E-state index is -0.550. The average molecular weight is 305 g/mol. The average Bonchev–Trinajstić information content (AvgIpc) is 2.90. The molecule has 0 atom stereocenters. The minimum Gasteiger partial charge on any atom is -0.444 e. The van der Waals surface area contributed by atoms with E-state index in [0.29, 0.717) is 11.4 Å². The molecule has 22 heavy (non-hydrogen) atoms. The summed E-state index contributed by atoms with van der Waals surface area (Å²) in [6.07, 6.45) is 1.58. The van der Waals surface area contributed by atoms with Crippen LogP contribution in [0.15, 0.2) is 24.3 Å². The first-order valence-corrected chi connectivity index (χ1v) is 7.49. The van der Waals surface area contributed by atoms with E-state index in [1.807, 2.05) is 0 Å². The van der Waals surface area contributed by atoms with E-state index in [2.05, 4.69) is 10.6 Å². The van der Waals surface area contributed by atoms with Gasteiger partial charge < -0.3 is 15.0 Å². The molecule has 0 unspecified atom stereocenters. The Kier molecular flexibility index (Phi) is 4.90. The summed E-state index contributed by atoms with van der Waals surface area (Å²) in [5.74, 6) is 0. The number of nitrogens with zero attached hydrogens (tertiary/aromatic N) is 1. The summed E-state index contributed by atoms with van der Waals surface area (Å²) in [5.41, 5.74) is 0.671. The molecule has 2 rings (SSSR count).